The summed E-state index contributed by atoms with van der Waals surface area (Å²) in [5.74, 6) is 1.77. The van der Waals surface area contributed by atoms with Crippen LogP contribution < -0.4 is 9.64 Å². The Morgan fingerprint density at radius 3 is 2.46 bits per heavy atom. The number of aromatic nitrogens is 3. The lowest BCUT2D eigenvalue weighted by Crippen LogP contribution is -2.49. The molecule has 0 unspecified atom stereocenters. The summed E-state index contributed by atoms with van der Waals surface area (Å²) in [7, 11) is 1.66. The Kier molecular flexibility index (Phi) is 5.84. The van der Waals surface area contributed by atoms with E-state index in [-0.39, 0.29) is 5.91 Å². The molecule has 6 rings (SSSR count). The van der Waals surface area contributed by atoms with Crippen LogP contribution in [0.3, 0.4) is 0 Å². The second-order valence-electron chi connectivity index (χ2n) is 9.10. The molecule has 0 atom stereocenters. The minimum Gasteiger partial charge on any atom is -0.497 e. The van der Waals surface area contributed by atoms with Gasteiger partial charge in [0.05, 0.1) is 30.3 Å². The number of nitrogens with zero attached hydrogens (tertiary/aromatic N) is 5. The zero-order valence-corrected chi connectivity index (χ0v) is 20.8. The van der Waals surface area contributed by atoms with E-state index in [0.717, 1.165) is 45.3 Å². The normalized spacial score (nSPS) is 13.8. The van der Waals surface area contributed by atoms with Crippen LogP contribution >= 0.6 is 0 Å². The smallest absolute Gasteiger partial charge is 0.257 e. The van der Waals surface area contributed by atoms with Crippen molar-refractivity contribution in [1.82, 2.24) is 19.5 Å². The number of anilines is 1. The van der Waals surface area contributed by atoms with E-state index < -0.39 is 0 Å². The number of methoxy groups -OCH3 is 1. The van der Waals surface area contributed by atoms with Gasteiger partial charge < -0.3 is 19.0 Å². The molecule has 0 saturated carbocycles. The fraction of sp³-hybridized carbons (Fsp3) is 0.207. The summed E-state index contributed by atoms with van der Waals surface area (Å²) < 4.78 is 12.5. The molecule has 4 heterocycles. The van der Waals surface area contributed by atoms with Gasteiger partial charge in [0.1, 0.15) is 17.8 Å². The molecule has 0 N–H and O–H groups in total. The zero-order chi connectivity index (χ0) is 25.4. The maximum Gasteiger partial charge on any atom is 0.257 e. The van der Waals surface area contributed by atoms with E-state index in [0.29, 0.717) is 31.7 Å². The van der Waals surface area contributed by atoms with Gasteiger partial charge in [-0.15, -0.1) is 0 Å². The average Bonchev–Trinajstić information content (AvgIpc) is 3.64. The standard InChI is InChI=1S/C29H27N5O3/c1-20-27(21-7-4-3-5-8-21)30-26-18-25(22-9-6-10-24(17-22)36-2)31-34(26)28(20)32-12-14-33(15-13-32)29(35)23-11-16-37-19-23/h3-11,16-19H,12-15H2,1-2H3. The maximum atomic E-state index is 12.8. The highest BCUT2D eigenvalue weighted by Gasteiger charge is 2.27. The number of piperazine rings is 1. The minimum atomic E-state index is -0.00521. The molecule has 0 bridgehead atoms. The molecule has 0 radical (unpaired) electrons. The molecule has 1 aliphatic heterocycles. The van der Waals surface area contributed by atoms with E-state index in [4.69, 9.17) is 19.2 Å². The van der Waals surface area contributed by atoms with Gasteiger partial charge in [0.25, 0.3) is 5.91 Å². The Labute approximate surface area is 214 Å². The number of carbonyl (C=O) groups is 1. The monoisotopic (exact) mass is 493 g/mol. The first-order valence-corrected chi connectivity index (χ1v) is 12.3. The molecule has 0 spiro atoms. The van der Waals surface area contributed by atoms with Gasteiger partial charge in [0, 0.05) is 48.9 Å². The van der Waals surface area contributed by atoms with E-state index in [9.17, 15) is 4.79 Å². The van der Waals surface area contributed by atoms with Gasteiger partial charge in [-0.2, -0.15) is 9.61 Å². The number of benzene rings is 2. The van der Waals surface area contributed by atoms with Crippen molar-refractivity contribution >= 4 is 17.4 Å². The summed E-state index contributed by atoms with van der Waals surface area (Å²) in [6, 6.07) is 21.8. The van der Waals surface area contributed by atoms with Crippen molar-refractivity contribution in [2.24, 2.45) is 0 Å². The first-order chi connectivity index (χ1) is 18.1. The lowest BCUT2D eigenvalue weighted by Gasteiger charge is -2.36. The van der Waals surface area contributed by atoms with Gasteiger partial charge in [-0.1, -0.05) is 42.5 Å². The third-order valence-corrected chi connectivity index (χ3v) is 6.86. The second kappa shape index (κ2) is 9.46. The van der Waals surface area contributed by atoms with Crippen LogP contribution in [0.2, 0.25) is 0 Å². The van der Waals surface area contributed by atoms with Crippen molar-refractivity contribution in [1.29, 1.82) is 0 Å². The molecule has 1 fully saturated rings. The molecule has 2 aromatic carbocycles. The molecule has 8 heteroatoms. The Morgan fingerprint density at radius 1 is 0.946 bits per heavy atom. The summed E-state index contributed by atoms with van der Waals surface area (Å²) >= 11 is 0. The average molecular weight is 494 g/mol. The molecule has 3 aromatic heterocycles. The molecule has 5 aromatic rings. The molecule has 8 nitrogen and oxygen atoms in total. The summed E-state index contributed by atoms with van der Waals surface area (Å²) in [6.45, 7) is 4.69. The largest absolute Gasteiger partial charge is 0.497 e. The fourth-order valence-electron chi connectivity index (χ4n) is 4.93. The van der Waals surface area contributed by atoms with Crippen molar-refractivity contribution in [2.75, 3.05) is 38.2 Å². The van der Waals surface area contributed by atoms with Crippen LogP contribution in [0.1, 0.15) is 15.9 Å². The molecule has 0 aliphatic carbocycles. The van der Waals surface area contributed by atoms with Crippen LogP contribution in [0.5, 0.6) is 5.75 Å². The first kappa shape index (κ1) is 22.8. The van der Waals surface area contributed by atoms with E-state index in [2.05, 4.69) is 24.0 Å². The lowest BCUT2D eigenvalue weighted by molar-refractivity contribution is 0.0745. The number of hydrogen-bond donors (Lipinski definition) is 0. The zero-order valence-electron chi connectivity index (χ0n) is 20.8. The highest BCUT2D eigenvalue weighted by Crippen LogP contribution is 2.33. The quantitative estimate of drug-likeness (QED) is 0.345. The molecule has 1 amide bonds. The highest BCUT2D eigenvalue weighted by molar-refractivity contribution is 5.94. The van der Waals surface area contributed by atoms with Crippen LogP contribution in [-0.4, -0.2) is 58.7 Å². The van der Waals surface area contributed by atoms with Gasteiger partial charge in [0.2, 0.25) is 0 Å². The first-order valence-electron chi connectivity index (χ1n) is 12.3. The number of hydrogen-bond acceptors (Lipinski definition) is 6. The van der Waals surface area contributed by atoms with Crippen molar-refractivity contribution in [3.05, 3.63) is 90.4 Å². The number of rotatable bonds is 5. The van der Waals surface area contributed by atoms with E-state index >= 15 is 0 Å². The van der Waals surface area contributed by atoms with Gasteiger partial charge in [-0.25, -0.2) is 4.98 Å². The topological polar surface area (TPSA) is 76.1 Å². The minimum absolute atomic E-state index is 0.00521. The van der Waals surface area contributed by atoms with Crippen molar-refractivity contribution in [3.63, 3.8) is 0 Å². The summed E-state index contributed by atoms with van der Waals surface area (Å²) in [4.78, 5) is 22.1. The molecule has 1 saturated heterocycles. The molecular weight excluding hydrogens is 466 g/mol. The van der Waals surface area contributed by atoms with Crippen LogP contribution in [0.4, 0.5) is 5.82 Å². The number of ether oxygens (including phenoxy) is 1. The van der Waals surface area contributed by atoms with E-state index in [1.807, 2.05) is 57.9 Å². The van der Waals surface area contributed by atoms with Crippen LogP contribution in [0.25, 0.3) is 28.2 Å². The van der Waals surface area contributed by atoms with Gasteiger partial charge in [-0.3, -0.25) is 4.79 Å². The number of furan rings is 1. The fourth-order valence-corrected chi connectivity index (χ4v) is 4.93. The second-order valence-corrected chi connectivity index (χ2v) is 9.10. The van der Waals surface area contributed by atoms with E-state index in [1.165, 1.54) is 12.5 Å². The summed E-state index contributed by atoms with van der Waals surface area (Å²) in [5, 5.41) is 4.99. The number of amides is 1. The SMILES string of the molecule is COc1cccc(-c2cc3nc(-c4ccccc4)c(C)c(N4CCN(C(=O)c5ccoc5)CC4)n3n2)c1. The molecule has 37 heavy (non-hydrogen) atoms. The predicted octanol–water partition coefficient (Wildman–Crippen LogP) is 4.94. The van der Waals surface area contributed by atoms with Crippen LogP contribution in [-0.2, 0) is 0 Å². The summed E-state index contributed by atoms with van der Waals surface area (Å²) in [6.07, 6.45) is 3.03. The number of fused-ring (bicyclic) bond motifs is 1. The van der Waals surface area contributed by atoms with Crippen molar-refractivity contribution in [2.45, 2.75) is 6.92 Å². The third kappa shape index (κ3) is 4.20. The maximum absolute atomic E-state index is 12.8. The van der Waals surface area contributed by atoms with Gasteiger partial charge >= 0.3 is 0 Å². The molecular formula is C29H27N5O3. The molecule has 186 valence electrons. The Morgan fingerprint density at radius 2 is 1.73 bits per heavy atom. The van der Waals surface area contributed by atoms with E-state index in [1.54, 1.807) is 13.2 Å². The van der Waals surface area contributed by atoms with Gasteiger partial charge in [-0.05, 0) is 25.1 Å². The Hall–Kier alpha value is -4.59. The Bertz CT molecular complexity index is 1550. The van der Waals surface area contributed by atoms with Gasteiger partial charge in [0.15, 0.2) is 5.65 Å². The lowest BCUT2D eigenvalue weighted by atomic mass is 10.1. The Balaban J connectivity index is 1.41. The predicted molar refractivity (Wildman–Crippen MR) is 142 cm³/mol. The van der Waals surface area contributed by atoms with Crippen molar-refractivity contribution in [3.8, 4) is 28.3 Å². The number of carbonyl (C=O) groups excluding carboxylic acids is 1. The van der Waals surface area contributed by atoms with Crippen LogP contribution in [0, 0.1) is 6.92 Å². The van der Waals surface area contributed by atoms with Crippen molar-refractivity contribution < 1.29 is 13.9 Å². The van der Waals surface area contributed by atoms with Crippen LogP contribution in [0.15, 0.2) is 83.7 Å². The third-order valence-electron chi connectivity index (χ3n) is 6.86. The molecule has 1 aliphatic rings. The summed E-state index contributed by atoms with van der Waals surface area (Å²) in [5.41, 5.74) is 6.18. The highest BCUT2D eigenvalue weighted by atomic mass is 16.5.